The minimum Gasteiger partial charge on any atom is -0.449 e. The zero-order valence-electron chi connectivity index (χ0n) is 23.9. The summed E-state index contributed by atoms with van der Waals surface area (Å²) in [6.07, 6.45) is 4.91. The molecule has 2 fully saturated rings. The van der Waals surface area contributed by atoms with Crippen molar-refractivity contribution in [2.45, 2.75) is 65.3 Å². The Balaban J connectivity index is 1.36. The van der Waals surface area contributed by atoms with E-state index in [1.54, 1.807) is 12.1 Å². The molecule has 0 unspecified atom stereocenters. The summed E-state index contributed by atoms with van der Waals surface area (Å²) in [6, 6.07) is 16.8. The average molecular weight is 567 g/mol. The number of rotatable bonds is 8. The van der Waals surface area contributed by atoms with E-state index in [9.17, 15) is 14.4 Å². The van der Waals surface area contributed by atoms with E-state index in [2.05, 4.69) is 11.5 Å². The van der Waals surface area contributed by atoms with Crippen molar-refractivity contribution >= 4 is 34.8 Å². The van der Waals surface area contributed by atoms with Gasteiger partial charge in [-0.3, -0.25) is 9.59 Å². The van der Waals surface area contributed by atoms with E-state index >= 15 is 0 Å². The molecule has 0 bridgehead atoms. The molecule has 1 aliphatic heterocycles. The van der Waals surface area contributed by atoms with E-state index in [4.69, 9.17) is 19.8 Å². The van der Waals surface area contributed by atoms with Gasteiger partial charge in [0.15, 0.2) is 5.65 Å². The Hall–Kier alpha value is -4.53. The van der Waals surface area contributed by atoms with Crippen LogP contribution in [0.2, 0.25) is 0 Å². The van der Waals surface area contributed by atoms with E-state index in [1.807, 2.05) is 49.4 Å². The number of aromatic nitrogens is 3. The fourth-order valence-electron chi connectivity index (χ4n) is 6.36. The number of carbonyl (C=O) groups excluding carboxylic acids is 2. The molecule has 1 saturated carbocycles. The standard InChI is InChI=1S/C33H34N4O5/c1-3-4-13-29-35-30-27(18-26(20(2)34-30)37-31(38)24-10-5-6-11-25(24)32(37)39)36(29)19-21-14-16-22(17-15-21)23-9-7-8-12-28(23)42-33(40)41/h7-9,12,14-18,24-25H,3-6,10-11,13,19H2,1-2H3,(H,40,41)/t24-,25+. The first-order valence-electron chi connectivity index (χ1n) is 14.7. The molecule has 6 rings (SSSR count). The topological polar surface area (TPSA) is 115 Å². The summed E-state index contributed by atoms with van der Waals surface area (Å²) in [5, 5.41) is 9.11. The molecule has 4 aromatic rings. The molecular formula is C33H34N4O5. The number of nitrogens with zero attached hydrogens (tertiary/aromatic N) is 4. The lowest BCUT2D eigenvalue weighted by Crippen LogP contribution is -2.31. The van der Waals surface area contributed by atoms with Crippen molar-refractivity contribution in [1.29, 1.82) is 0 Å². The first kappa shape index (κ1) is 27.6. The Labute approximate surface area is 244 Å². The molecule has 3 heterocycles. The molecule has 42 heavy (non-hydrogen) atoms. The number of imide groups is 1. The van der Waals surface area contributed by atoms with Gasteiger partial charge in [0, 0.05) is 18.5 Å². The molecule has 1 aliphatic carbocycles. The van der Waals surface area contributed by atoms with Crippen molar-refractivity contribution < 1.29 is 24.2 Å². The number of pyridine rings is 1. The van der Waals surface area contributed by atoms with Gasteiger partial charge < -0.3 is 14.4 Å². The summed E-state index contributed by atoms with van der Waals surface area (Å²) in [4.78, 5) is 49.0. The quantitative estimate of drug-likeness (QED) is 0.146. The normalized spacial score (nSPS) is 18.5. The van der Waals surface area contributed by atoms with Gasteiger partial charge in [-0.15, -0.1) is 0 Å². The Morgan fingerprint density at radius 2 is 1.69 bits per heavy atom. The summed E-state index contributed by atoms with van der Waals surface area (Å²) in [5.74, 6) is 0.530. The third-order valence-electron chi connectivity index (χ3n) is 8.51. The third-order valence-corrected chi connectivity index (χ3v) is 8.51. The second-order valence-corrected chi connectivity index (χ2v) is 11.2. The maximum Gasteiger partial charge on any atom is 0.511 e. The summed E-state index contributed by atoms with van der Waals surface area (Å²) in [7, 11) is 0. The second kappa shape index (κ2) is 11.4. The van der Waals surface area contributed by atoms with Gasteiger partial charge in [0.2, 0.25) is 11.8 Å². The Morgan fingerprint density at radius 1 is 1.00 bits per heavy atom. The molecule has 1 N–H and O–H groups in total. The number of hydrogen-bond donors (Lipinski definition) is 1. The lowest BCUT2D eigenvalue weighted by molar-refractivity contribution is -0.122. The summed E-state index contributed by atoms with van der Waals surface area (Å²) in [6.45, 7) is 4.51. The number of carboxylic acid groups (broad SMARTS) is 1. The Bertz CT molecular complexity index is 1650. The monoisotopic (exact) mass is 566 g/mol. The number of carbonyl (C=O) groups is 3. The summed E-state index contributed by atoms with van der Waals surface area (Å²) >= 11 is 0. The zero-order chi connectivity index (χ0) is 29.4. The molecule has 2 aromatic carbocycles. The minimum absolute atomic E-state index is 0.103. The SMILES string of the molecule is CCCCc1nc2nc(C)c(N3C(=O)[C@H]4CCCC[C@H]4C3=O)cc2n1Cc1ccc(-c2ccccc2OC(=O)O)cc1. The first-order chi connectivity index (χ1) is 20.4. The molecule has 9 nitrogen and oxygen atoms in total. The molecule has 0 spiro atoms. The number of ether oxygens (including phenoxy) is 1. The molecule has 2 aromatic heterocycles. The van der Waals surface area contributed by atoms with Crippen LogP contribution in [0, 0.1) is 18.8 Å². The van der Waals surface area contributed by atoms with Crippen LogP contribution in [-0.4, -0.2) is 37.6 Å². The number of anilines is 1. The van der Waals surface area contributed by atoms with E-state index in [1.165, 1.54) is 4.90 Å². The number of para-hydroxylation sites is 1. The first-order valence-corrected chi connectivity index (χ1v) is 14.7. The number of hydrogen-bond acceptors (Lipinski definition) is 6. The van der Waals surface area contributed by atoms with Crippen LogP contribution in [0.4, 0.5) is 10.5 Å². The maximum absolute atomic E-state index is 13.4. The fourth-order valence-corrected chi connectivity index (χ4v) is 6.36. The van der Waals surface area contributed by atoms with Gasteiger partial charge in [-0.2, -0.15) is 0 Å². The number of imidazole rings is 1. The van der Waals surface area contributed by atoms with Gasteiger partial charge in [-0.05, 0) is 49.4 Å². The van der Waals surface area contributed by atoms with Crippen molar-refractivity contribution in [3.05, 3.63) is 71.7 Å². The highest BCUT2D eigenvalue weighted by atomic mass is 16.7. The van der Waals surface area contributed by atoms with Crippen LogP contribution < -0.4 is 9.64 Å². The lowest BCUT2D eigenvalue weighted by atomic mass is 9.81. The number of amides is 2. The van der Waals surface area contributed by atoms with E-state index in [-0.39, 0.29) is 29.4 Å². The Morgan fingerprint density at radius 3 is 2.36 bits per heavy atom. The zero-order valence-corrected chi connectivity index (χ0v) is 23.9. The van der Waals surface area contributed by atoms with E-state index in [0.717, 1.165) is 67.4 Å². The molecule has 2 aliphatic rings. The van der Waals surface area contributed by atoms with Gasteiger partial charge in [-0.25, -0.2) is 19.7 Å². The predicted octanol–water partition coefficient (Wildman–Crippen LogP) is 6.53. The van der Waals surface area contributed by atoms with Crippen LogP contribution in [0.3, 0.4) is 0 Å². The molecule has 2 atom stereocenters. The van der Waals surface area contributed by atoms with Crippen LogP contribution in [-0.2, 0) is 22.6 Å². The van der Waals surface area contributed by atoms with Crippen molar-refractivity contribution in [1.82, 2.24) is 14.5 Å². The summed E-state index contributed by atoms with van der Waals surface area (Å²) < 4.78 is 7.11. The molecule has 2 amide bonds. The largest absolute Gasteiger partial charge is 0.511 e. The van der Waals surface area contributed by atoms with Crippen LogP contribution in [0.25, 0.3) is 22.3 Å². The van der Waals surface area contributed by atoms with Crippen molar-refractivity contribution in [2.75, 3.05) is 4.90 Å². The van der Waals surface area contributed by atoms with E-state index < -0.39 is 6.16 Å². The Kier molecular flexibility index (Phi) is 7.49. The van der Waals surface area contributed by atoms with Gasteiger partial charge >= 0.3 is 6.16 Å². The second-order valence-electron chi connectivity index (χ2n) is 11.2. The molecule has 1 saturated heterocycles. The molecule has 216 valence electrons. The minimum atomic E-state index is -1.36. The highest BCUT2D eigenvalue weighted by Crippen LogP contribution is 2.41. The van der Waals surface area contributed by atoms with Crippen molar-refractivity contribution in [3.8, 4) is 16.9 Å². The molecular weight excluding hydrogens is 532 g/mol. The van der Waals surface area contributed by atoms with Gasteiger partial charge in [-0.1, -0.05) is 68.7 Å². The third kappa shape index (κ3) is 5.04. The van der Waals surface area contributed by atoms with Crippen LogP contribution >= 0.6 is 0 Å². The highest BCUT2D eigenvalue weighted by molar-refractivity contribution is 6.22. The molecule has 9 heteroatoms. The summed E-state index contributed by atoms with van der Waals surface area (Å²) in [5.41, 5.74) is 5.13. The number of aryl methyl sites for hydroxylation is 2. The lowest BCUT2D eigenvalue weighted by Gasteiger charge is -2.19. The smallest absolute Gasteiger partial charge is 0.449 e. The fraction of sp³-hybridized carbons (Fsp3) is 0.364. The highest BCUT2D eigenvalue weighted by Gasteiger charge is 2.49. The van der Waals surface area contributed by atoms with Gasteiger partial charge in [0.25, 0.3) is 0 Å². The van der Waals surface area contributed by atoms with Crippen LogP contribution in [0.1, 0.15) is 62.5 Å². The maximum atomic E-state index is 13.4. The number of unbranched alkanes of at least 4 members (excludes halogenated alkanes) is 1. The van der Waals surface area contributed by atoms with Crippen molar-refractivity contribution in [3.63, 3.8) is 0 Å². The van der Waals surface area contributed by atoms with Crippen molar-refractivity contribution in [2.24, 2.45) is 11.8 Å². The van der Waals surface area contributed by atoms with E-state index in [0.29, 0.717) is 29.1 Å². The average Bonchev–Trinajstić information content (AvgIpc) is 3.44. The predicted molar refractivity (Wildman–Crippen MR) is 158 cm³/mol. The van der Waals surface area contributed by atoms with Crippen LogP contribution in [0.5, 0.6) is 5.75 Å². The van der Waals surface area contributed by atoms with Gasteiger partial charge in [0.1, 0.15) is 11.6 Å². The number of fused-ring (bicyclic) bond motifs is 2. The van der Waals surface area contributed by atoms with Gasteiger partial charge in [0.05, 0.1) is 28.7 Å². The van der Waals surface area contributed by atoms with Crippen LogP contribution in [0.15, 0.2) is 54.6 Å². The number of benzene rings is 2. The molecule has 0 radical (unpaired) electrons.